The van der Waals surface area contributed by atoms with Gasteiger partial charge in [-0.25, -0.2) is 4.57 Å². The van der Waals surface area contributed by atoms with Crippen LogP contribution in [-0.4, -0.2) is 132 Å². The molecule has 0 aromatic heterocycles. The number of rotatable bonds is 13. The first-order valence-electron chi connectivity index (χ1n) is 14.5. The summed E-state index contributed by atoms with van der Waals surface area (Å²) in [5.74, 6) is -8.70. The van der Waals surface area contributed by atoms with Gasteiger partial charge in [0.2, 0.25) is 5.91 Å². The van der Waals surface area contributed by atoms with Crippen LogP contribution in [0.5, 0.6) is 0 Å². The third-order valence-electron chi connectivity index (χ3n) is 6.56. The summed E-state index contributed by atoms with van der Waals surface area (Å²) < 4.78 is 99.5. The van der Waals surface area contributed by atoms with Crippen LogP contribution >= 0.6 is 7.82 Å². The Labute approximate surface area is 286 Å². The van der Waals surface area contributed by atoms with E-state index in [1.165, 1.54) is 5.32 Å². The minimum atomic E-state index is -5.68. The zero-order valence-corrected chi connectivity index (χ0v) is 28.5. The van der Waals surface area contributed by atoms with Gasteiger partial charge in [-0.3, -0.25) is 38.1 Å². The quantitative estimate of drug-likeness (QED) is 0.0933. The molecular weight excluding hydrogens is 732 g/mol. The van der Waals surface area contributed by atoms with Crippen LogP contribution in [0.25, 0.3) is 0 Å². The predicted molar refractivity (Wildman–Crippen MR) is 151 cm³/mol. The van der Waals surface area contributed by atoms with Crippen LogP contribution in [0.4, 0.5) is 13.2 Å². The summed E-state index contributed by atoms with van der Waals surface area (Å²) in [5.41, 5.74) is 0. The highest BCUT2D eigenvalue weighted by Crippen LogP contribution is 2.42. The summed E-state index contributed by atoms with van der Waals surface area (Å²) in [7, 11) is -5.68. The second-order valence-corrected chi connectivity index (χ2v) is 12.0. The number of esters is 5. The first-order valence-corrected chi connectivity index (χ1v) is 16.1. The van der Waals surface area contributed by atoms with Gasteiger partial charge in [0, 0.05) is 41.5 Å². The van der Waals surface area contributed by atoms with Crippen molar-refractivity contribution >= 4 is 49.5 Å². The number of hydrogen-bond donors (Lipinski definition) is 4. The molecule has 290 valence electrons. The van der Waals surface area contributed by atoms with E-state index in [0.29, 0.717) is 0 Å². The first kappa shape index (κ1) is 43.2. The molecule has 10 atom stereocenters. The van der Waals surface area contributed by atoms with Crippen molar-refractivity contribution in [3.63, 3.8) is 0 Å². The molecule has 0 radical (unpaired) electrons. The lowest BCUT2D eigenvalue weighted by molar-refractivity contribution is -0.328. The Kier molecular flexibility index (Phi) is 15.3. The molecular formula is C26H36F3N2O19P. The van der Waals surface area contributed by atoms with Crippen LogP contribution in [0.15, 0.2) is 0 Å². The highest BCUT2D eigenvalue weighted by molar-refractivity contribution is 7.46. The van der Waals surface area contributed by atoms with Crippen molar-refractivity contribution in [1.82, 2.24) is 10.6 Å². The zero-order valence-electron chi connectivity index (χ0n) is 27.6. The number of ether oxygens (including phenoxy) is 8. The van der Waals surface area contributed by atoms with E-state index in [0.717, 1.165) is 41.5 Å². The number of carbonyl (C=O) groups excluding carboxylic acids is 7. The molecule has 2 saturated heterocycles. The fourth-order valence-electron chi connectivity index (χ4n) is 4.91. The number of amides is 2. The van der Waals surface area contributed by atoms with Gasteiger partial charge >= 0.3 is 49.8 Å². The lowest BCUT2D eigenvalue weighted by Gasteiger charge is -2.49. The Morgan fingerprint density at radius 3 is 1.47 bits per heavy atom. The van der Waals surface area contributed by atoms with Crippen molar-refractivity contribution in [2.75, 3.05) is 13.2 Å². The molecule has 0 saturated carbocycles. The lowest BCUT2D eigenvalue weighted by atomic mass is 9.94. The topological polar surface area (TPSA) is 284 Å². The maximum absolute atomic E-state index is 13.4. The highest BCUT2D eigenvalue weighted by Gasteiger charge is 2.58. The molecule has 0 spiro atoms. The summed E-state index contributed by atoms with van der Waals surface area (Å²) in [6, 6.07) is -4.17. The van der Waals surface area contributed by atoms with Crippen molar-refractivity contribution in [2.45, 2.75) is 109 Å². The Balaban J connectivity index is 2.81. The smallest absolute Gasteiger partial charge is 0.463 e. The number of halogens is 3. The Morgan fingerprint density at radius 2 is 1.06 bits per heavy atom. The zero-order chi connectivity index (χ0) is 39.0. The monoisotopic (exact) mass is 768 g/mol. The normalized spacial score (nSPS) is 29.5. The fourth-order valence-corrected chi connectivity index (χ4v) is 5.36. The van der Waals surface area contributed by atoms with Gasteiger partial charge in [-0.1, -0.05) is 0 Å². The van der Waals surface area contributed by atoms with Crippen LogP contribution < -0.4 is 10.6 Å². The van der Waals surface area contributed by atoms with Crippen molar-refractivity contribution in [3.05, 3.63) is 0 Å². The molecule has 0 aromatic carbocycles. The molecule has 25 heteroatoms. The number of hydrogen-bond acceptors (Lipinski definition) is 17. The Hall–Kier alpha value is -3.93. The summed E-state index contributed by atoms with van der Waals surface area (Å²) in [6.45, 7) is 3.85. The summed E-state index contributed by atoms with van der Waals surface area (Å²) in [4.78, 5) is 103. The largest absolute Gasteiger partial charge is 0.472 e. The van der Waals surface area contributed by atoms with Crippen LogP contribution in [0.3, 0.4) is 0 Å². The maximum atomic E-state index is 13.4. The van der Waals surface area contributed by atoms with Gasteiger partial charge in [0.1, 0.15) is 43.6 Å². The van der Waals surface area contributed by atoms with Gasteiger partial charge in [0.25, 0.3) is 0 Å². The molecule has 4 N–H and O–H groups in total. The van der Waals surface area contributed by atoms with Crippen molar-refractivity contribution < 1.29 is 104 Å². The molecule has 2 aliphatic rings. The maximum Gasteiger partial charge on any atom is 0.472 e. The Bertz CT molecular complexity index is 1380. The van der Waals surface area contributed by atoms with Gasteiger partial charge in [0.05, 0.1) is 0 Å². The average molecular weight is 769 g/mol. The first-order chi connectivity index (χ1) is 23.4. The van der Waals surface area contributed by atoms with Crippen LogP contribution in [-0.2, 0) is 80.5 Å². The van der Waals surface area contributed by atoms with Crippen LogP contribution in [0.1, 0.15) is 41.5 Å². The van der Waals surface area contributed by atoms with Crippen molar-refractivity contribution in [1.29, 1.82) is 0 Å². The summed E-state index contributed by atoms with van der Waals surface area (Å²) in [5, 5.41) is 3.72. The molecule has 2 rings (SSSR count). The molecule has 2 amide bonds. The van der Waals surface area contributed by atoms with Gasteiger partial charge in [0.15, 0.2) is 30.9 Å². The van der Waals surface area contributed by atoms with E-state index < -0.39 is 130 Å². The molecule has 0 unspecified atom stereocenters. The Morgan fingerprint density at radius 1 is 0.647 bits per heavy atom. The van der Waals surface area contributed by atoms with Gasteiger partial charge in [-0.2, -0.15) is 13.2 Å². The second kappa shape index (κ2) is 18.0. The van der Waals surface area contributed by atoms with E-state index in [2.05, 4.69) is 9.84 Å². The number of nitrogens with one attached hydrogen (secondary N) is 2. The van der Waals surface area contributed by atoms with Crippen LogP contribution in [0, 0.1) is 0 Å². The number of phosphoric acid groups is 1. The molecule has 21 nitrogen and oxygen atoms in total. The van der Waals surface area contributed by atoms with E-state index in [4.69, 9.17) is 37.9 Å². The third-order valence-corrected chi connectivity index (χ3v) is 7.04. The van der Waals surface area contributed by atoms with Crippen molar-refractivity contribution in [3.8, 4) is 0 Å². The van der Waals surface area contributed by atoms with Crippen molar-refractivity contribution in [2.24, 2.45) is 0 Å². The number of phosphoric ester groups is 1. The van der Waals surface area contributed by atoms with E-state index in [1.807, 2.05) is 0 Å². The molecule has 0 aromatic rings. The van der Waals surface area contributed by atoms with E-state index in [9.17, 15) is 61.1 Å². The van der Waals surface area contributed by atoms with E-state index >= 15 is 0 Å². The number of carbonyl (C=O) groups is 7. The minimum Gasteiger partial charge on any atom is -0.463 e. The molecule has 51 heavy (non-hydrogen) atoms. The standard InChI is InChI=1S/C26H36F3N2O19P/c1-9(32)30-17-21(45-13(5)36)19(44-12(4)35)15(7-42-10(2)33)47-23(17)49-20-16(8-43-11(3)34)48-24(50-51(39,40)41)18(22(20)46-14(6)37)31-25(38)26(27,28)29/h15-24H,7-8H2,1-6H3,(H,30,32)(H,31,38)(H2,39,40,41)/t15-,16-,17-,18-,19-,20-,21-,22-,23+,24-/m1/s1. The molecule has 2 aliphatic heterocycles. The molecule has 2 heterocycles. The summed E-state index contributed by atoms with van der Waals surface area (Å²) in [6.07, 6.45) is -21.4. The summed E-state index contributed by atoms with van der Waals surface area (Å²) >= 11 is 0. The molecule has 0 bridgehead atoms. The van der Waals surface area contributed by atoms with Crippen LogP contribution in [0.2, 0.25) is 0 Å². The van der Waals surface area contributed by atoms with Gasteiger partial charge in [-0.15, -0.1) is 0 Å². The fraction of sp³-hybridized carbons (Fsp3) is 0.731. The SMILES string of the molecule is CC(=O)N[C@H]1[C@H](O[C@H]2[C@H](OC(C)=O)[C@@H](NC(=O)C(F)(F)F)[C@@H](OP(=O)(O)O)O[C@@H]2COC(C)=O)O[C@H](COC(C)=O)[C@@H](OC(C)=O)[C@@H]1OC(C)=O. The van der Waals surface area contributed by atoms with Gasteiger partial charge in [-0.05, 0) is 0 Å². The predicted octanol–water partition coefficient (Wildman–Crippen LogP) is -1.60. The van der Waals surface area contributed by atoms with E-state index in [-0.39, 0.29) is 0 Å². The third kappa shape index (κ3) is 13.6. The average Bonchev–Trinajstić information content (AvgIpc) is 2.94. The highest BCUT2D eigenvalue weighted by atomic mass is 31.2. The second-order valence-electron chi connectivity index (χ2n) is 10.8. The number of alkyl halides is 3. The lowest BCUT2D eigenvalue weighted by Crippen LogP contribution is -2.71. The molecule has 2 fully saturated rings. The van der Waals surface area contributed by atoms with Gasteiger partial charge < -0.3 is 58.3 Å². The van der Waals surface area contributed by atoms with E-state index in [1.54, 1.807) is 0 Å². The molecule has 0 aliphatic carbocycles. The minimum absolute atomic E-state index is 0.731.